The molecule has 0 saturated carbocycles. The molecule has 0 aliphatic rings. The van der Waals surface area contributed by atoms with Crippen LogP contribution >= 0.6 is 0 Å². The van der Waals surface area contributed by atoms with E-state index in [9.17, 15) is 9.59 Å². The van der Waals surface area contributed by atoms with Gasteiger partial charge < -0.3 is 9.64 Å². The fourth-order valence-corrected chi connectivity index (χ4v) is 1.24. The summed E-state index contributed by atoms with van der Waals surface area (Å²) < 4.78 is 4.74. The smallest absolute Gasteiger partial charge is 0.411 e. The molecular weight excluding hydrogens is 220 g/mol. The molecule has 0 unspecified atom stereocenters. The second-order valence-electron chi connectivity index (χ2n) is 3.62. The van der Waals surface area contributed by atoms with Gasteiger partial charge in [0.2, 0.25) is 0 Å². The number of rotatable bonds is 3. The highest BCUT2D eigenvalue weighted by Gasteiger charge is 2.08. The van der Waals surface area contributed by atoms with Crippen LogP contribution in [-0.4, -0.2) is 37.6 Å². The molecule has 0 aromatic heterocycles. The molecule has 1 aromatic rings. The Labute approximate surface area is 100 Å². The number of anilines is 1. The van der Waals surface area contributed by atoms with Crippen molar-refractivity contribution in [2.75, 3.05) is 26.0 Å². The maximum atomic E-state index is 11.6. The number of carbonyl (C=O) groups is 2. The topological polar surface area (TPSA) is 58.6 Å². The van der Waals surface area contributed by atoms with Gasteiger partial charge in [-0.25, -0.2) is 4.79 Å². The van der Waals surface area contributed by atoms with Gasteiger partial charge in [0.25, 0.3) is 5.91 Å². The van der Waals surface area contributed by atoms with Crippen LogP contribution in [0.1, 0.15) is 17.3 Å². The van der Waals surface area contributed by atoms with Gasteiger partial charge in [0.1, 0.15) is 0 Å². The Morgan fingerprint density at radius 2 is 1.82 bits per heavy atom. The molecule has 2 amide bonds. The summed E-state index contributed by atoms with van der Waals surface area (Å²) in [6, 6.07) is 6.63. The number of nitrogens with one attached hydrogen (secondary N) is 1. The number of hydrogen-bond donors (Lipinski definition) is 1. The third-order valence-electron chi connectivity index (χ3n) is 2.06. The van der Waals surface area contributed by atoms with Gasteiger partial charge in [-0.15, -0.1) is 0 Å². The van der Waals surface area contributed by atoms with Crippen LogP contribution in [0.2, 0.25) is 0 Å². The lowest BCUT2D eigenvalue weighted by Crippen LogP contribution is -2.21. The van der Waals surface area contributed by atoms with Crippen molar-refractivity contribution in [3.63, 3.8) is 0 Å². The highest BCUT2D eigenvalue weighted by Crippen LogP contribution is 2.11. The fraction of sp³-hybridized carbons (Fsp3) is 0.333. The van der Waals surface area contributed by atoms with Crippen molar-refractivity contribution >= 4 is 17.7 Å². The lowest BCUT2D eigenvalue weighted by molar-refractivity contribution is 0.0827. The summed E-state index contributed by atoms with van der Waals surface area (Å²) in [6.07, 6.45) is -0.501. The van der Waals surface area contributed by atoms with Crippen molar-refractivity contribution in [3.8, 4) is 0 Å². The molecular formula is C12H16N2O3. The fourth-order valence-electron chi connectivity index (χ4n) is 1.24. The Morgan fingerprint density at radius 1 is 1.24 bits per heavy atom. The quantitative estimate of drug-likeness (QED) is 0.872. The second kappa shape index (κ2) is 5.89. The minimum absolute atomic E-state index is 0.0762. The molecule has 1 aromatic carbocycles. The molecule has 0 aliphatic carbocycles. The highest BCUT2D eigenvalue weighted by atomic mass is 16.5. The average molecular weight is 236 g/mol. The number of ether oxygens (including phenoxy) is 1. The van der Waals surface area contributed by atoms with E-state index in [2.05, 4.69) is 5.32 Å². The van der Waals surface area contributed by atoms with Gasteiger partial charge in [-0.1, -0.05) is 0 Å². The van der Waals surface area contributed by atoms with E-state index >= 15 is 0 Å². The van der Waals surface area contributed by atoms with Crippen LogP contribution in [0.15, 0.2) is 24.3 Å². The van der Waals surface area contributed by atoms with Gasteiger partial charge in [-0.05, 0) is 31.2 Å². The first-order valence-electron chi connectivity index (χ1n) is 5.30. The van der Waals surface area contributed by atoms with Crippen LogP contribution in [0, 0.1) is 0 Å². The van der Waals surface area contributed by atoms with Crippen LogP contribution in [0.5, 0.6) is 0 Å². The lowest BCUT2D eigenvalue weighted by atomic mass is 10.2. The molecule has 0 spiro atoms. The van der Waals surface area contributed by atoms with Crippen LogP contribution < -0.4 is 5.32 Å². The van der Waals surface area contributed by atoms with Gasteiger partial charge in [0.15, 0.2) is 0 Å². The summed E-state index contributed by atoms with van der Waals surface area (Å²) in [5.74, 6) is -0.0762. The standard InChI is InChI=1S/C12H16N2O3/c1-4-17-12(16)13-10-7-5-9(6-8-10)11(15)14(2)3/h5-8H,4H2,1-3H3,(H,13,16). The first-order chi connectivity index (χ1) is 8.04. The highest BCUT2D eigenvalue weighted by molar-refractivity contribution is 5.94. The van der Waals surface area contributed by atoms with E-state index in [1.807, 2.05) is 0 Å². The first kappa shape index (κ1) is 13.0. The van der Waals surface area contributed by atoms with Gasteiger partial charge >= 0.3 is 6.09 Å². The van der Waals surface area contributed by atoms with Gasteiger partial charge in [-0.3, -0.25) is 10.1 Å². The van der Waals surface area contributed by atoms with Gasteiger partial charge in [-0.2, -0.15) is 0 Å². The predicted molar refractivity (Wildman–Crippen MR) is 65.1 cm³/mol. The minimum Gasteiger partial charge on any atom is -0.450 e. The zero-order chi connectivity index (χ0) is 12.8. The molecule has 5 heteroatoms. The second-order valence-corrected chi connectivity index (χ2v) is 3.62. The zero-order valence-corrected chi connectivity index (χ0v) is 10.2. The van der Waals surface area contributed by atoms with Crippen LogP contribution in [0.3, 0.4) is 0 Å². The predicted octanol–water partition coefficient (Wildman–Crippen LogP) is 1.96. The van der Waals surface area contributed by atoms with E-state index in [0.29, 0.717) is 17.9 Å². The molecule has 5 nitrogen and oxygen atoms in total. The van der Waals surface area contributed by atoms with E-state index in [0.717, 1.165) is 0 Å². The number of hydrogen-bond acceptors (Lipinski definition) is 3. The third-order valence-corrected chi connectivity index (χ3v) is 2.06. The monoisotopic (exact) mass is 236 g/mol. The van der Waals surface area contributed by atoms with E-state index in [4.69, 9.17) is 4.74 Å². The van der Waals surface area contributed by atoms with Gasteiger partial charge in [0.05, 0.1) is 6.61 Å². The number of carbonyl (C=O) groups excluding carboxylic acids is 2. The molecule has 0 bridgehead atoms. The lowest BCUT2D eigenvalue weighted by Gasteiger charge is -2.10. The van der Waals surface area contributed by atoms with Crippen molar-refractivity contribution in [1.82, 2.24) is 4.90 Å². The van der Waals surface area contributed by atoms with Crippen molar-refractivity contribution < 1.29 is 14.3 Å². The van der Waals surface area contributed by atoms with E-state index < -0.39 is 6.09 Å². The molecule has 0 heterocycles. The number of benzene rings is 1. The minimum atomic E-state index is -0.501. The Hall–Kier alpha value is -2.04. The third kappa shape index (κ3) is 3.79. The van der Waals surface area contributed by atoms with E-state index in [-0.39, 0.29) is 5.91 Å². The molecule has 92 valence electrons. The maximum Gasteiger partial charge on any atom is 0.411 e. The van der Waals surface area contributed by atoms with Crippen LogP contribution in [-0.2, 0) is 4.74 Å². The SMILES string of the molecule is CCOC(=O)Nc1ccc(C(=O)N(C)C)cc1. The molecule has 1 N–H and O–H groups in total. The van der Waals surface area contributed by atoms with Crippen LogP contribution in [0.4, 0.5) is 10.5 Å². The van der Waals surface area contributed by atoms with Crippen LogP contribution in [0.25, 0.3) is 0 Å². The maximum absolute atomic E-state index is 11.6. The first-order valence-corrected chi connectivity index (χ1v) is 5.30. The molecule has 0 saturated heterocycles. The summed E-state index contributed by atoms with van der Waals surface area (Å²) in [6.45, 7) is 2.06. The number of nitrogens with zero attached hydrogens (tertiary/aromatic N) is 1. The van der Waals surface area contributed by atoms with Crippen molar-refractivity contribution in [2.24, 2.45) is 0 Å². The summed E-state index contributed by atoms with van der Waals surface area (Å²) >= 11 is 0. The van der Waals surface area contributed by atoms with E-state index in [1.54, 1.807) is 45.3 Å². The van der Waals surface area contributed by atoms with E-state index in [1.165, 1.54) is 4.90 Å². The molecule has 0 atom stereocenters. The van der Waals surface area contributed by atoms with Crippen molar-refractivity contribution in [2.45, 2.75) is 6.92 Å². The summed E-state index contributed by atoms with van der Waals surface area (Å²) in [4.78, 5) is 24.2. The summed E-state index contributed by atoms with van der Waals surface area (Å²) in [7, 11) is 3.38. The van der Waals surface area contributed by atoms with Crippen molar-refractivity contribution in [3.05, 3.63) is 29.8 Å². The zero-order valence-electron chi connectivity index (χ0n) is 10.2. The normalized spacial score (nSPS) is 9.59. The Balaban J connectivity index is 2.68. The van der Waals surface area contributed by atoms with Crippen molar-refractivity contribution in [1.29, 1.82) is 0 Å². The number of amides is 2. The average Bonchev–Trinajstić information content (AvgIpc) is 2.29. The molecule has 0 fully saturated rings. The molecule has 1 rings (SSSR count). The molecule has 0 aliphatic heterocycles. The summed E-state index contributed by atoms with van der Waals surface area (Å²) in [5, 5.41) is 2.55. The Bertz CT molecular complexity index is 399. The largest absolute Gasteiger partial charge is 0.450 e. The van der Waals surface area contributed by atoms with Gasteiger partial charge in [0, 0.05) is 25.3 Å². The molecule has 0 radical (unpaired) electrons. The molecule has 17 heavy (non-hydrogen) atoms. The Morgan fingerprint density at radius 3 is 2.29 bits per heavy atom. The summed E-state index contributed by atoms with van der Waals surface area (Å²) in [5.41, 5.74) is 1.17. The Kier molecular flexibility index (Phi) is 4.51.